The summed E-state index contributed by atoms with van der Waals surface area (Å²) >= 11 is 0. The molecule has 1 rings (SSSR count). The van der Waals surface area contributed by atoms with Crippen LogP contribution in [0.15, 0.2) is 18.2 Å². The lowest BCUT2D eigenvalue weighted by atomic mass is 9.85. The van der Waals surface area contributed by atoms with Gasteiger partial charge in [0.2, 0.25) is 5.91 Å². The number of nitriles is 1. The lowest BCUT2D eigenvalue weighted by molar-refractivity contribution is -0.117. The number of rotatable bonds is 3. The van der Waals surface area contributed by atoms with Crippen molar-refractivity contribution < 1.29 is 9.18 Å². The Labute approximate surface area is 112 Å². The molecular formula is C14H18FN3O. The van der Waals surface area contributed by atoms with E-state index in [-0.39, 0.29) is 29.3 Å². The number of halogens is 1. The van der Waals surface area contributed by atoms with Crippen LogP contribution in [0, 0.1) is 22.6 Å². The lowest BCUT2D eigenvalue weighted by Crippen LogP contribution is -2.38. The van der Waals surface area contributed by atoms with E-state index in [1.165, 1.54) is 12.1 Å². The van der Waals surface area contributed by atoms with Crippen molar-refractivity contribution in [1.29, 1.82) is 5.26 Å². The highest BCUT2D eigenvalue weighted by atomic mass is 19.1. The molecule has 1 aromatic carbocycles. The first kappa shape index (κ1) is 15.1. The molecule has 0 saturated heterocycles. The lowest BCUT2D eigenvalue weighted by Gasteiger charge is -2.26. The molecule has 0 bridgehead atoms. The Balaban J connectivity index is 2.76. The highest BCUT2D eigenvalue weighted by Gasteiger charge is 2.23. The van der Waals surface area contributed by atoms with Crippen LogP contribution in [0.4, 0.5) is 10.1 Å². The van der Waals surface area contributed by atoms with Crippen molar-refractivity contribution in [1.82, 2.24) is 0 Å². The molecule has 4 nitrogen and oxygen atoms in total. The molecule has 0 aromatic heterocycles. The summed E-state index contributed by atoms with van der Waals surface area (Å²) in [6.45, 7) is 5.84. The average Bonchev–Trinajstić information content (AvgIpc) is 2.30. The Morgan fingerprint density at radius 2 is 2.16 bits per heavy atom. The normalized spacial score (nSPS) is 12.6. The number of amides is 1. The van der Waals surface area contributed by atoms with Gasteiger partial charge in [0.1, 0.15) is 11.9 Å². The summed E-state index contributed by atoms with van der Waals surface area (Å²) in [6, 6.07) is 5.19. The SMILES string of the molecule is CC(C)(C)C(N)CC(=O)Nc1ccc(F)cc1C#N. The summed E-state index contributed by atoms with van der Waals surface area (Å²) in [5, 5.41) is 11.5. The minimum Gasteiger partial charge on any atom is -0.327 e. The van der Waals surface area contributed by atoms with Crippen molar-refractivity contribution in [2.75, 3.05) is 5.32 Å². The van der Waals surface area contributed by atoms with Crippen LogP contribution in [0.2, 0.25) is 0 Å². The molecule has 0 aliphatic rings. The number of hydrogen-bond donors (Lipinski definition) is 2. The highest BCUT2D eigenvalue weighted by molar-refractivity contribution is 5.92. The van der Waals surface area contributed by atoms with Gasteiger partial charge in [0, 0.05) is 12.5 Å². The number of nitrogens with two attached hydrogens (primary N) is 1. The number of carbonyl (C=O) groups excluding carboxylic acids is 1. The van der Waals surface area contributed by atoms with Crippen LogP contribution >= 0.6 is 0 Å². The molecule has 3 N–H and O–H groups in total. The zero-order chi connectivity index (χ0) is 14.6. The van der Waals surface area contributed by atoms with Crippen LogP contribution in [0.1, 0.15) is 32.8 Å². The fourth-order valence-electron chi connectivity index (χ4n) is 1.43. The molecule has 0 spiro atoms. The second kappa shape index (κ2) is 5.81. The van der Waals surface area contributed by atoms with Gasteiger partial charge in [-0.15, -0.1) is 0 Å². The number of carbonyl (C=O) groups is 1. The van der Waals surface area contributed by atoms with Gasteiger partial charge < -0.3 is 11.1 Å². The fraction of sp³-hybridized carbons (Fsp3) is 0.429. The van der Waals surface area contributed by atoms with Crippen molar-refractivity contribution in [3.05, 3.63) is 29.6 Å². The van der Waals surface area contributed by atoms with Crippen LogP contribution in [-0.2, 0) is 4.79 Å². The largest absolute Gasteiger partial charge is 0.327 e. The van der Waals surface area contributed by atoms with E-state index in [4.69, 9.17) is 11.0 Å². The van der Waals surface area contributed by atoms with E-state index in [0.29, 0.717) is 5.69 Å². The van der Waals surface area contributed by atoms with E-state index in [2.05, 4.69) is 5.32 Å². The summed E-state index contributed by atoms with van der Waals surface area (Å²) < 4.78 is 13.0. The Kier molecular flexibility index (Phi) is 4.62. The summed E-state index contributed by atoms with van der Waals surface area (Å²) in [4.78, 5) is 11.8. The first-order valence-electron chi connectivity index (χ1n) is 5.99. The molecule has 0 heterocycles. The third-order valence-electron chi connectivity index (χ3n) is 2.89. The standard InChI is InChI=1S/C14H18FN3O/c1-14(2,3)12(17)7-13(19)18-11-5-4-10(15)6-9(11)8-16/h4-6,12H,7,17H2,1-3H3,(H,18,19). The summed E-state index contributed by atoms with van der Waals surface area (Å²) in [6.07, 6.45) is 0.145. The molecule has 0 radical (unpaired) electrons. The van der Waals surface area contributed by atoms with E-state index < -0.39 is 5.82 Å². The summed E-state index contributed by atoms with van der Waals surface area (Å²) in [5.41, 5.74) is 6.13. The van der Waals surface area contributed by atoms with E-state index in [1.807, 2.05) is 26.8 Å². The Morgan fingerprint density at radius 3 is 2.68 bits per heavy atom. The molecule has 1 aromatic rings. The average molecular weight is 263 g/mol. The van der Waals surface area contributed by atoms with E-state index in [9.17, 15) is 9.18 Å². The zero-order valence-corrected chi connectivity index (χ0v) is 11.3. The van der Waals surface area contributed by atoms with Crippen molar-refractivity contribution >= 4 is 11.6 Å². The first-order chi connectivity index (χ1) is 8.74. The van der Waals surface area contributed by atoms with Gasteiger partial charge in [0.25, 0.3) is 0 Å². The van der Waals surface area contributed by atoms with Gasteiger partial charge >= 0.3 is 0 Å². The maximum atomic E-state index is 13.0. The van der Waals surface area contributed by atoms with Crippen molar-refractivity contribution in [3.63, 3.8) is 0 Å². The Bertz CT molecular complexity index is 514. The van der Waals surface area contributed by atoms with Gasteiger partial charge in [-0.25, -0.2) is 4.39 Å². The zero-order valence-electron chi connectivity index (χ0n) is 11.3. The Hall–Kier alpha value is -1.93. The molecule has 0 aliphatic heterocycles. The first-order valence-corrected chi connectivity index (χ1v) is 5.99. The second-order valence-electron chi connectivity index (χ2n) is 5.53. The summed E-state index contributed by atoms with van der Waals surface area (Å²) in [7, 11) is 0. The van der Waals surface area contributed by atoms with Crippen LogP contribution in [0.25, 0.3) is 0 Å². The Morgan fingerprint density at radius 1 is 1.53 bits per heavy atom. The smallest absolute Gasteiger partial charge is 0.225 e. The quantitative estimate of drug-likeness (QED) is 0.878. The highest BCUT2D eigenvalue weighted by Crippen LogP contribution is 2.21. The fourth-order valence-corrected chi connectivity index (χ4v) is 1.43. The maximum Gasteiger partial charge on any atom is 0.225 e. The van der Waals surface area contributed by atoms with Crippen LogP contribution in [0.3, 0.4) is 0 Å². The van der Waals surface area contributed by atoms with E-state index in [0.717, 1.165) is 6.07 Å². The van der Waals surface area contributed by atoms with Crippen molar-refractivity contribution in [2.24, 2.45) is 11.1 Å². The molecule has 5 heteroatoms. The molecule has 1 amide bonds. The number of nitrogens with zero attached hydrogens (tertiary/aromatic N) is 1. The van der Waals surface area contributed by atoms with Crippen LogP contribution < -0.4 is 11.1 Å². The van der Waals surface area contributed by atoms with Gasteiger partial charge in [0.05, 0.1) is 11.3 Å². The van der Waals surface area contributed by atoms with Crippen LogP contribution in [0.5, 0.6) is 0 Å². The summed E-state index contributed by atoms with van der Waals surface area (Å²) in [5.74, 6) is -0.800. The number of nitrogens with one attached hydrogen (secondary N) is 1. The van der Waals surface area contributed by atoms with Gasteiger partial charge in [-0.2, -0.15) is 5.26 Å². The molecule has 0 aliphatic carbocycles. The van der Waals surface area contributed by atoms with Gasteiger partial charge in [-0.3, -0.25) is 4.79 Å². The third kappa shape index (κ3) is 4.34. The van der Waals surface area contributed by atoms with Gasteiger partial charge in [-0.1, -0.05) is 20.8 Å². The number of benzene rings is 1. The second-order valence-corrected chi connectivity index (χ2v) is 5.53. The van der Waals surface area contributed by atoms with E-state index >= 15 is 0 Å². The molecule has 102 valence electrons. The van der Waals surface area contributed by atoms with Crippen LogP contribution in [-0.4, -0.2) is 11.9 Å². The number of hydrogen-bond acceptors (Lipinski definition) is 3. The topological polar surface area (TPSA) is 78.9 Å². The maximum absolute atomic E-state index is 13.0. The monoisotopic (exact) mass is 263 g/mol. The van der Waals surface area contributed by atoms with Gasteiger partial charge in [-0.05, 0) is 23.6 Å². The minimum absolute atomic E-state index is 0.0951. The molecule has 1 atom stereocenters. The molecule has 0 fully saturated rings. The van der Waals surface area contributed by atoms with Crippen molar-refractivity contribution in [3.8, 4) is 6.07 Å². The predicted octanol–water partition coefficient (Wildman–Crippen LogP) is 2.40. The van der Waals surface area contributed by atoms with E-state index in [1.54, 1.807) is 0 Å². The molecular weight excluding hydrogens is 245 g/mol. The van der Waals surface area contributed by atoms with Crippen molar-refractivity contribution in [2.45, 2.75) is 33.2 Å². The third-order valence-corrected chi connectivity index (χ3v) is 2.89. The minimum atomic E-state index is -0.513. The predicted molar refractivity (Wildman–Crippen MR) is 71.8 cm³/mol. The van der Waals surface area contributed by atoms with Gasteiger partial charge in [0.15, 0.2) is 0 Å². The number of anilines is 1. The molecule has 1 unspecified atom stereocenters. The molecule has 19 heavy (non-hydrogen) atoms. The molecule has 0 saturated carbocycles.